The van der Waals surface area contributed by atoms with Crippen LogP contribution in [0.1, 0.15) is 70.3 Å². The fourth-order valence-electron chi connectivity index (χ4n) is 8.03. The highest BCUT2D eigenvalue weighted by molar-refractivity contribution is 5.95. The van der Waals surface area contributed by atoms with Gasteiger partial charge < -0.3 is 24.7 Å². The number of pyridine rings is 2. The molecule has 0 amide bonds. The number of halogens is 1. The summed E-state index contributed by atoms with van der Waals surface area (Å²) in [6, 6.07) is 3.95. The maximum atomic E-state index is 12.8. The number of fused-ring (bicyclic) bond motifs is 8. The van der Waals surface area contributed by atoms with Crippen molar-refractivity contribution in [2.24, 2.45) is 23.5 Å². The van der Waals surface area contributed by atoms with Crippen molar-refractivity contribution in [3.63, 3.8) is 0 Å². The number of nitrogens with two attached hydrogens (primary N) is 1. The number of Topliss-reactive ketones (excluding diaryl/α,β-unsaturated/α-hetero) is 1. The van der Waals surface area contributed by atoms with E-state index in [9.17, 15) is 4.79 Å². The molecular formula is C35H50ClN5O7. The van der Waals surface area contributed by atoms with Gasteiger partial charge in [0, 0.05) is 41.9 Å². The Morgan fingerprint density at radius 3 is 1.81 bits per heavy atom. The second kappa shape index (κ2) is 16.4. The summed E-state index contributed by atoms with van der Waals surface area (Å²) in [5.41, 5.74) is 7.02. The number of carbonyl (C=O) groups excluding carboxylic acids is 3. The molecule has 0 aliphatic carbocycles. The first-order valence-corrected chi connectivity index (χ1v) is 16.8. The van der Waals surface area contributed by atoms with Crippen LogP contribution in [0.25, 0.3) is 0 Å². The number of nitrogens with zero attached hydrogens (tertiary/aromatic N) is 4. The van der Waals surface area contributed by atoms with Crippen molar-refractivity contribution in [1.29, 1.82) is 0 Å². The molecule has 12 nitrogen and oxygen atoms in total. The Kier molecular flexibility index (Phi) is 12.8. The Morgan fingerprint density at radius 2 is 1.31 bits per heavy atom. The second-order valence-electron chi connectivity index (χ2n) is 14.0. The lowest BCUT2D eigenvalue weighted by molar-refractivity contribution is -0.191. The van der Waals surface area contributed by atoms with Crippen molar-refractivity contribution in [2.45, 2.75) is 76.9 Å². The molecule has 0 aromatic carbocycles. The molecule has 10 rings (SSSR count). The van der Waals surface area contributed by atoms with E-state index in [4.69, 9.17) is 34.3 Å². The fraction of sp³-hybridized carbons (Fsp3) is 0.657. The molecule has 48 heavy (non-hydrogen) atoms. The molecule has 6 saturated heterocycles. The molecule has 264 valence electrons. The van der Waals surface area contributed by atoms with Crippen molar-refractivity contribution in [1.82, 2.24) is 19.8 Å². The maximum Gasteiger partial charge on any atom is 0.373 e. The van der Waals surface area contributed by atoms with Gasteiger partial charge in [-0.1, -0.05) is 0 Å². The minimum atomic E-state index is 0. The molecule has 4 bridgehead atoms. The van der Waals surface area contributed by atoms with Crippen LogP contribution >= 0.6 is 12.4 Å². The molecule has 8 aliphatic rings. The lowest BCUT2D eigenvalue weighted by Crippen LogP contribution is -2.67. The van der Waals surface area contributed by atoms with Crippen LogP contribution < -0.4 is 24.7 Å². The Labute approximate surface area is 289 Å². The molecule has 0 saturated carbocycles. The number of ketones is 1. The first-order chi connectivity index (χ1) is 22.6. The Hall–Kier alpha value is -3.28. The largest absolute Gasteiger partial charge is 0.486 e. The summed E-state index contributed by atoms with van der Waals surface area (Å²) in [6.45, 7) is 16.3. The van der Waals surface area contributed by atoms with E-state index >= 15 is 0 Å². The molecule has 13 heteroatoms. The highest BCUT2D eigenvalue weighted by Crippen LogP contribution is 2.46. The van der Waals surface area contributed by atoms with Gasteiger partial charge in [-0.3, -0.25) is 19.6 Å². The van der Waals surface area contributed by atoms with Crippen LogP contribution in [0.3, 0.4) is 0 Å². The molecular weight excluding hydrogens is 638 g/mol. The van der Waals surface area contributed by atoms with Crippen molar-refractivity contribution < 1.29 is 33.3 Å². The standard InChI is InChI=1S/C18H24N2O3.C9H18N2.C7H7NO2.CO2.ClH/c1-18(2)13(12-3-5-20(18)6-4-12)9-15(21)14-10-16-17(11-19-14)23-8-7-22-16;1-9(2)8(10)7-3-5-11(9)6-4-7;1-2-8-5-7-6(1)9-3-4-10-7;2-1-3;/h10-13H,3-9H2,1-2H3;7-8H,3-6,10H2,1-2H3;1-2,5H,3-4H2;;1H/t13-;8-;;;/m00.../s1. The summed E-state index contributed by atoms with van der Waals surface area (Å²) >= 11 is 0. The molecule has 2 atom stereocenters. The van der Waals surface area contributed by atoms with Gasteiger partial charge in [-0.25, -0.2) is 4.98 Å². The lowest BCUT2D eigenvalue weighted by atomic mass is 9.65. The first kappa shape index (κ1) is 37.5. The fourth-order valence-corrected chi connectivity index (χ4v) is 8.03. The van der Waals surface area contributed by atoms with Crippen molar-refractivity contribution in [2.75, 3.05) is 52.6 Å². The van der Waals surface area contributed by atoms with E-state index in [1.165, 1.54) is 51.9 Å². The Balaban J connectivity index is 0.000000173. The number of hydrogen-bond donors (Lipinski definition) is 1. The maximum absolute atomic E-state index is 12.8. The summed E-state index contributed by atoms with van der Waals surface area (Å²) in [4.78, 5) is 42.3. The summed E-state index contributed by atoms with van der Waals surface area (Å²) < 4.78 is 21.5. The van der Waals surface area contributed by atoms with E-state index < -0.39 is 0 Å². The topological polar surface area (TPSA) is 146 Å². The Morgan fingerprint density at radius 1 is 0.812 bits per heavy atom. The van der Waals surface area contributed by atoms with Crippen LogP contribution in [0, 0.1) is 17.8 Å². The minimum Gasteiger partial charge on any atom is -0.486 e. The molecule has 8 aliphatic heterocycles. The molecule has 2 aromatic heterocycles. The van der Waals surface area contributed by atoms with Crippen molar-refractivity contribution >= 4 is 24.3 Å². The third kappa shape index (κ3) is 8.29. The molecule has 0 radical (unpaired) electrons. The third-order valence-electron chi connectivity index (χ3n) is 11.0. The van der Waals surface area contributed by atoms with Gasteiger partial charge in [0.05, 0.1) is 12.4 Å². The average Bonchev–Trinajstić information content (AvgIpc) is 3.10. The summed E-state index contributed by atoms with van der Waals surface area (Å²) in [5, 5.41) is 0. The molecule has 2 N–H and O–H groups in total. The lowest BCUT2D eigenvalue weighted by Gasteiger charge is -2.56. The summed E-state index contributed by atoms with van der Waals surface area (Å²) in [7, 11) is 0. The van der Waals surface area contributed by atoms with E-state index in [2.05, 4.69) is 47.5 Å². The molecule has 0 unspecified atom stereocenters. The number of piperidine rings is 6. The van der Waals surface area contributed by atoms with E-state index in [0.29, 0.717) is 67.9 Å². The summed E-state index contributed by atoms with van der Waals surface area (Å²) in [6.07, 6.45) is 10.9. The number of ether oxygens (including phenoxy) is 4. The highest BCUT2D eigenvalue weighted by Gasteiger charge is 2.48. The predicted octanol–water partition coefficient (Wildman–Crippen LogP) is 4.06. The zero-order chi connectivity index (χ0) is 33.6. The van der Waals surface area contributed by atoms with Crippen LogP contribution in [0.2, 0.25) is 0 Å². The normalized spacial score (nSPS) is 29.0. The van der Waals surface area contributed by atoms with E-state index in [0.717, 1.165) is 17.4 Å². The van der Waals surface area contributed by atoms with Crippen molar-refractivity contribution in [3.8, 4) is 23.0 Å². The zero-order valence-electron chi connectivity index (χ0n) is 28.5. The SMILES string of the molecule is CC1(C)[C@@H](CC(=O)c2cc3c(cn2)OCCO3)C2CCN1CC2.CC1(C)[C@@H](N)C2CCN1CC2.Cl.O=C=O.c1cc2c(cn1)OCCO2. The predicted molar refractivity (Wildman–Crippen MR) is 180 cm³/mol. The van der Waals surface area contributed by atoms with Crippen LogP contribution in [0.5, 0.6) is 23.0 Å². The number of hydrogen-bond acceptors (Lipinski definition) is 12. The van der Waals surface area contributed by atoms with Gasteiger partial charge in [-0.15, -0.1) is 12.4 Å². The van der Waals surface area contributed by atoms with Crippen LogP contribution in [0.15, 0.2) is 30.7 Å². The Bertz CT molecular complexity index is 1370. The zero-order valence-corrected chi connectivity index (χ0v) is 29.3. The van der Waals surface area contributed by atoms with E-state index in [1.54, 1.807) is 30.7 Å². The third-order valence-corrected chi connectivity index (χ3v) is 11.0. The molecule has 6 fully saturated rings. The van der Waals surface area contributed by atoms with Crippen LogP contribution in [0.4, 0.5) is 0 Å². The van der Waals surface area contributed by atoms with Gasteiger partial charge in [0.15, 0.2) is 28.8 Å². The van der Waals surface area contributed by atoms with Gasteiger partial charge in [-0.05, 0) is 97.3 Å². The summed E-state index contributed by atoms with van der Waals surface area (Å²) in [5.74, 6) is 4.81. The minimum absolute atomic E-state index is 0. The molecule has 10 heterocycles. The van der Waals surface area contributed by atoms with Gasteiger partial charge >= 0.3 is 6.15 Å². The molecule has 2 aromatic rings. The smallest absolute Gasteiger partial charge is 0.373 e. The van der Waals surface area contributed by atoms with Gasteiger partial charge in [0.2, 0.25) is 0 Å². The monoisotopic (exact) mass is 687 g/mol. The second-order valence-corrected chi connectivity index (χ2v) is 14.0. The van der Waals surface area contributed by atoms with Crippen LogP contribution in [-0.4, -0.2) is 101 Å². The number of rotatable bonds is 3. The van der Waals surface area contributed by atoms with E-state index in [-0.39, 0.29) is 35.4 Å². The van der Waals surface area contributed by atoms with Gasteiger partial charge in [-0.2, -0.15) is 9.59 Å². The number of carbonyl (C=O) groups is 1. The quantitative estimate of drug-likeness (QED) is 0.465. The average molecular weight is 688 g/mol. The van der Waals surface area contributed by atoms with Crippen LogP contribution in [-0.2, 0) is 9.59 Å². The number of aromatic nitrogens is 2. The van der Waals surface area contributed by atoms with Gasteiger partial charge in [0.1, 0.15) is 32.1 Å². The van der Waals surface area contributed by atoms with E-state index in [1.807, 2.05) is 0 Å². The highest BCUT2D eigenvalue weighted by atomic mass is 35.5. The van der Waals surface area contributed by atoms with Crippen molar-refractivity contribution in [3.05, 3.63) is 36.4 Å². The molecule has 0 spiro atoms. The van der Waals surface area contributed by atoms with Gasteiger partial charge in [0.25, 0.3) is 0 Å². The first-order valence-electron chi connectivity index (χ1n) is 16.8.